The first-order valence-electron chi connectivity index (χ1n) is 11.1. The van der Waals surface area contributed by atoms with Gasteiger partial charge >= 0.3 is 0 Å². The molecule has 0 saturated carbocycles. The van der Waals surface area contributed by atoms with E-state index in [0.29, 0.717) is 26.3 Å². The number of guanidine groups is 1. The average Bonchev–Trinajstić information content (AvgIpc) is 2.77. The third kappa shape index (κ3) is 10.2. The maximum atomic E-state index is 5.90. The molecule has 0 amide bonds. The van der Waals surface area contributed by atoms with Gasteiger partial charge in [-0.15, -0.1) is 24.0 Å². The highest BCUT2D eigenvalue weighted by Crippen LogP contribution is 2.20. The summed E-state index contributed by atoms with van der Waals surface area (Å²) < 4.78 is 11.0. The molecular formula is C25H39IN4O2. The van der Waals surface area contributed by atoms with E-state index in [1.165, 1.54) is 16.7 Å². The van der Waals surface area contributed by atoms with Crippen molar-refractivity contribution in [2.24, 2.45) is 4.99 Å². The van der Waals surface area contributed by atoms with Crippen LogP contribution in [0.1, 0.15) is 36.1 Å². The quantitative estimate of drug-likeness (QED) is 0.177. The van der Waals surface area contributed by atoms with Gasteiger partial charge in [0.1, 0.15) is 12.4 Å². The Morgan fingerprint density at radius 3 is 2.53 bits per heavy atom. The second kappa shape index (κ2) is 15.9. The van der Waals surface area contributed by atoms with Gasteiger partial charge in [-0.25, -0.2) is 4.99 Å². The third-order valence-electron chi connectivity index (χ3n) is 4.96. The van der Waals surface area contributed by atoms with Crippen LogP contribution in [-0.2, 0) is 24.4 Å². The first-order valence-corrected chi connectivity index (χ1v) is 11.1. The van der Waals surface area contributed by atoms with Crippen LogP contribution >= 0.6 is 24.0 Å². The van der Waals surface area contributed by atoms with E-state index < -0.39 is 0 Å². The fraction of sp³-hybridized carbons (Fsp3) is 0.480. The Morgan fingerprint density at radius 2 is 1.81 bits per heavy atom. The lowest BCUT2D eigenvalue weighted by Crippen LogP contribution is -2.36. The topological polar surface area (TPSA) is 58.1 Å². The number of ether oxygens (including phenoxy) is 2. The summed E-state index contributed by atoms with van der Waals surface area (Å²) in [6, 6.07) is 14.9. The number of aliphatic imine (C=N–C) groups is 1. The Hall–Kier alpha value is -1.84. The summed E-state index contributed by atoms with van der Waals surface area (Å²) in [5.41, 5.74) is 4.79. The molecule has 2 aromatic carbocycles. The molecule has 2 N–H and O–H groups in total. The van der Waals surface area contributed by atoms with Gasteiger partial charge in [-0.2, -0.15) is 0 Å². The van der Waals surface area contributed by atoms with Crippen LogP contribution in [0.25, 0.3) is 0 Å². The van der Waals surface area contributed by atoms with Gasteiger partial charge in [-0.1, -0.05) is 43.3 Å². The van der Waals surface area contributed by atoms with Gasteiger partial charge in [0, 0.05) is 32.3 Å². The minimum absolute atomic E-state index is 0. The number of methoxy groups -OCH3 is 1. The molecule has 0 fully saturated rings. The van der Waals surface area contributed by atoms with E-state index in [0.717, 1.165) is 36.9 Å². The molecule has 0 radical (unpaired) electrons. The van der Waals surface area contributed by atoms with Gasteiger partial charge in [0.2, 0.25) is 0 Å². The predicted octanol–water partition coefficient (Wildman–Crippen LogP) is 4.35. The van der Waals surface area contributed by atoms with E-state index >= 15 is 0 Å². The fourth-order valence-electron chi connectivity index (χ4n) is 3.12. The summed E-state index contributed by atoms with van der Waals surface area (Å²) in [6.45, 7) is 11.5. The summed E-state index contributed by atoms with van der Waals surface area (Å²) in [4.78, 5) is 7.08. The number of rotatable bonds is 12. The number of nitrogens with one attached hydrogen (secondary N) is 2. The van der Waals surface area contributed by atoms with E-state index in [4.69, 9.17) is 14.5 Å². The van der Waals surface area contributed by atoms with Crippen LogP contribution in [0.15, 0.2) is 47.5 Å². The van der Waals surface area contributed by atoms with Crippen molar-refractivity contribution < 1.29 is 9.47 Å². The molecule has 0 heterocycles. The van der Waals surface area contributed by atoms with Crippen LogP contribution in [0.4, 0.5) is 0 Å². The SMILES string of the molecule is CCNC(=NCc1cccc(CN(C)CC)c1)NCc1ccc(C)cc1OCCOC.I. The zero-order valence-electron chi connectivity index (χ0n) is 20.1. The molecule has 0 aliphatic carbocycles. The first kappa shape index (κ1) is 28.2. The van der Waals surface area contributed by atoms with Crippen molar-refractivity contribution in [2.45, 2.75) is 40.4 Å². The third-order valence-corrected chi connectivity index (χ3v) is 4.96. The molecule has 0 unspecified atom stereocenters. The molecule has 0 atom stereocenters. The van der Waals surface area contributed by atoms with Crippen LogP contribution in [0.3, 0.4) is 0 Å². The monoisotopic (exact) mass is 554 g/mol. The lowest BCUT2D eigenvalue weighted by atomic mass is 10.1. The zero-order valence-corrected chi connectivity index (χ0v) is 22.4. The summed E-state index contributed by atoms with van der Waals surface area (Å²) in [7, 11) is 3.81. The number of nitrogens with zero attached hydrogens (tertiary/aromatic N) is 2. The molecule has 0 spiro atoms. The van der Waals surface area contributed by atoms with Crippen molar-refractivity contribution in [1.29, 1.82) is 0 Å². The van der Waals surface area contributed by atoms with Gasteiger partial charge in [0.05, 0.1) is 13.2 Å². The summed E-state index contributed by atoms with van der Waals surface area (Å²) in [5.74, 6) is 1.68. The van der Waals surface area contributed by atoms with Crippen molar-refractivity contribution in [3.63, 3.8) is 0 Å². The number of halogens is 1. The standard InChI is InChI=1S/C25H38N4O2.HI/c1-6-26-25(27-17-21-9-8-10-22(16-21)19-29(4)7-2)28-18-23-12-11-20(3)15-24(23)31-14-13-30-5;/h8-12,15-16H,6-7,13-14,17-19H2,1-5H3,(H2,26,27,28);1H. The van der Waals surface area contributed by atoms with Crippen molar-refractivity contribution in [3.8, 4) is 5.75 Å². The van der Waals surface area contributed by atoms with Gasteiger partial charge in [0.15, 0.2) is 5.96 Å². The van der Waals surface area contributed by atoms with E-state index in [2.05, 4.69) is 85.8 Å². The highest BCUT2D eigenvalue weighted by Gasteiger charge is 2.06. The smallest absolute Gasteiger partial charge is 0.191 e. The summed E-state index contributed by atoms with van der Waals surface area (Å²) >= 11 is 0. The Morgan fingerprint density at radius 1 is 1.03 bits per heavy atom. The largest absolute Gasteiger partial charge is 0.491 e. The molecule has 0 saturated heterocycles. The lowest BCUT2D eigenvalue weighted by Gasteiger charge is -2.16. The summed E-state index contributed by atoms with van der Waals surface area (Å²) in [5, 5.41) is 6.76. The van der Waals surface area contributed by atoms with E-state index in [1.54, 1.807) is 7.11 Å². The Labute approximate surface area is 210 Å². The number of hydrogen-bond donors (Lipinski definition) is 2. The molecule has 0 bridgehead atoms. The molecule has 7 heteroatoms. The minimum Gasteiger partial charge on any atom is -0.491 e. The highest BCUT2D eigenvalue weighted by molar-refractivity contribution is 14.0. The Balaban J connectivity index is 0.00000512. The van der Waals surface area contributed by atoms with E-state index in [1.807, 2.05) is 0 Å². The van der Waals surface area contributed by atoms with Crippen LogP contribution in [0.2, 0.25) is 0 Å². The van der Waals surface area contributed by atoms with Crippen LogP contribution in [0, 0.1) is 6.92 Å². The second-order valence-corrected chi connectivity index (χ2v) is 7.65. The normalized spacial score (nSPS) is 11.2. The number of aryl methyl sites for hydroxylation is 1. The second-order valence-electron chi connectivity index (χ2n) is 7.65. The zero-order chi connectivity index (χ0) is 22.5. The minimum atomic E-state index is 0. The average molecular weight is 555 g/mol. The van der Waals surface area contributed by atoms with Crippen molar-refractivity contribution >= 4 is 29.9 Å². The van der Waals surface area contributed by atoms with E-state index in [9.17, 15) is 0 Å². The molecule has 2 aromatic rings. The molecular weight excluding hydrogens is 515 g/mol. The molecule has 0 aliphatic rings. The highest BCUT2D eigenvalue weighted by atomic mass is 127. The molecule has 2 rings (SSSR count). The Bertz CT molecular complexity index is 829. The van der Waals surface area contributed by atoms with Crippen molar-refractivity contribution in [3.05, 3.63) is 64.7 Å². The van der Waals surface area contributed by atoms with Gasteiger partial charge in [0.25, 0.3) is 0 Å². The lowest BCUT2D eigenvalue weighted by molar-refractivity contribution is 0.145. The fourth-order valence-corrected chi connectivity index (χ4v) is 3.12. The predicted molar refractivity (Wildman–Crippen MR) is 144 cm³/mol. The van der Waals surface area contributed by atoms with Crippen molar-refractivity contribution in [2.75, 3.05) is 40.5 Å². The maximum Gasteiger partial charge on any atom is 0.191 e. The molecule has 32 heavy (non-hydrogen) atoms. The van der Waals surface area contributed by atoms with Gasteiger partial charge < -0.3 is 25.0 Å². The molecule has 178 valence electrons. The maximum absolute atomic E-state index is 5.90. The van der Waals surface area contributed by atoms with Crippen LogP contribution in [-0.4, -0.2) is 51.3 Å². The Kier molecular flexibility index (Phi) is 14.0. The van der Waals surface area contributed by atoms with Gasteiger partial charge in [-0.3, -0.25) is 0 Å². The summed E-state index contributed by atoms with van der Waals surface area (Å²) in [6.07, 6.45) is 0. The number of benzene rings is 2. The molecule has 0 aromatic heterocycles. The molecule has 6 nitrogen and oxygen atoms in total. The first-order chi connectivity index (χ1) is 15.0. The van der Waals surface area contributed by atoms with Crippen LogP contribution < -0.4 is 15.4 Å². The van der Waals surface area contributed by atoms with Crippen LogP contribution in [0.5, 0.6) is 5.75 Å². The van der Waals surface area contributed by atoms with E-state index in [-0.39, 0.29) is 24.0 Å². The van der Waals surface area contributed by atoms with Crippen molar-refractivity contribution in [1.82, 2.24) is 15.5 Å². The number of hydrogen-bond acceptors (Lipinski definition) is 4. The molecule has 0 aliphatic heterocycles. The van der Waals surface area contributed by atoms with Gasteiger partial charge in [-0.05, 0) is 50.2 Å².